The predicted octanol–water partition coefficient (Wildman–Crippen LogP) is 12.9. The summed E-state index contributed by atoms with van der Waals surface area (Å²) in [6.45, 7) is 10.2. The van der Waals surface area contributed by atoms with Crippen molar-refractivity contribution >= 4 is 72.0 Å². The summed E-state index contributed by atoms with van der Waals surface area (Å²) >= 11 is 12.9. The van der Waals surface area contributed by atoms with E-state index >= 15 is 8.78 Å². The summed E-state index contributed by atoms with van der Waals surface area (Å²) in [4.78, 5) is 40.3. The number of carbonyl (C=O) groups is 2. The molecule has 2 amide bonds. The number of sulfonamides is 1. The standard InChI is InChI=1S/C38H43ClFN3O4S.C37H41ClFN3O5S/c1-24-7-4-17-38(45,35-32(40)9-6-18-41-35)31-13-10-28(31)21-43-22-37(16-5-8-26-19-29(39)12-14-30(26)37)23-47-34-15-11-27(20-33(34)43)36(44)42-48(3,46)25(24)2;1-23-6-3-16-37(44,34-31(39)8-5-17-40-34)30-12-9-27(30)20-42-21-36(15-4-7-25-18-28(38)11-13-29(25)36)22-47-33-14-10-26(19-32(33)42)35(43)41-48(45,46)24(23)2/h4,6,9,11-12,14-15,17-20,24-25,28,31,45H,3,5,7-8,10,13,16,21-23H2,1-2H3,(H,42,44,46);3,5,8,10-11,13-14,16-19,23-24,27,30,44H,4,6-7,9,12,15,20-22H2,1-2H3,(H,41,43)/b17-4+;16-3+/t24-,25+,28-,31+,37-,38-,48?;23-,24+,27-,30+,36-,37+/m00/s1. The maximum atomic E-state index is 15.4. The molecule has 2 saturated carbocycles. The monoisotopic (exact) mass is 1380 g/mol. The van der Waals surface area contributed by atoms with Gasteiger partial charge in [-0.15, -0.1) is 0 Å². The maximum absolute atomic E-state index is 15.4. The Labute approximate surface area is 572 Å². The summed E-state index contributed by atoms with van der Waals surface area (Å²) in [7, 11) is -7.11. The largest absolute Gasteiger partial charge is 0.490 e. The van der Waals surface area contributed by atoms with E-state index in [1.165, 1.54) is 58.9 Å². The fourth-order valence-electron chi connectivity index (χ4n) is 16.5. The third-order valence-electron chi connectivity index (χ3n) is 22.7. The average Bonchev–Trinajstić information content (AvgIpc) is 1.04. The number of allylic oxidation sites excluding steroid dienone is 2. The van der Waals surface area contributed by atoms with Crippen LogP contribution < -0.4 is 28.7 Å². The second-order valence-electron chi connectivity index (χ2n) is 28.6. The Balaban J connectivity index is 0.000000174. The molecule has 2 fully saturated rings. The molecule has 2 spiro atoms. The number of aromatic nitrogens is 2. The van der Waals surface area contributed by atoms with Gasteiger partial charge in [0, 0.05) is 87.7 Å². The number of nitrogens with zero attached hydrogens (tertiary/aromatic N) is 4. The molecule has 14 rings (SSSR count). The molecule has 96 heavy (non-hydrogen) atoms. The normalized spacial score (nSPS) is 33.1. The molecule has 6 heterocycles. The molecule has 508 valence electrons. The van der Waals surface area contributed by atoms with Crippen molar-refractivity contribution in [2.45, 2.75) is 137 Å². The number of benzene rings is 4. The number of aliphatic hydroxyl groups is 2. The van der Waals surface area contributed by atoms with Gasteiger partial charge in [0.1, 0.15) is 45.7 Å². The molecule has 15 nitrogen and oxygen atoms in total. The lowest BCUT2D eigenvalue weighted by Gasteiger charge is -2.49. The molecule has 0 radical (unpaired) electrons. The molecule has 4 aliphatic carbocycles. The number of carbonyl (C=O) groups excluding carboxylic acids is 2. The molecular weight excluding hydrogens is 1300 g/mol. The second kappa shape index (κ2) is 26.4. The van der Waals surface area contributed by atoms with E-state index in [9.17, 15) is 32.4 Å². The van der Waals surface area contributed by atoms with Gasteiger partial charge in [0.15, 0.2) is 0 Å². The highest BCUT2D eigenvalue weighted by Crippen LogP contribution is 2.54. The van der Waals surface area contributed by atoms with Crippen LogP contribution in [0.15, 0.2) is 134 Å². The van der Waals surface area contributed by atoms with Gasteiger partial charge in [-0.3, -0.25) is 24.3 Å². The van der Waals surface area contributed by atoms with Gasteiger partial charge in [-0.1, -0.05) is 73.5 Å². The number of hydrogen-bond donors (Lipinski definition) is 4. The summed E-state index contributed by atoms with van der Waals surface area (Å²) in [6, 6.07) is 28.3. The highest BCUT2D eigenvalue weighted by atomic mass is 35.5. The zero-order valence-electron chi connectivity index (χ0n) is 54.6. The minimum atomic E-state index is -4.06. The first-order valence-corrected chi connectivity index (χ1v) is 37.8. The number of ether oxygens (including phenoxy) is 2. The van der Waals surface area contributed by atoms with Crippen molar-refractivity contribution in [2.75, 3.05) is 49.2 Å². The van der Waals surface area contributed by atoms with E-state index in [4.69, 9.17) is 32.7 Å². The zero-order chi connectivity index (χ0) is 67.7. The van der Waals surface area contributed by atoms with Crippen LogP contribution in [0.1, 0.15) is 146 Å². The van der Waals surface area contributed by atoms with Crippen molar-refractivity contribution in [2.24, 2.45) is 35.5 Å². The molecular formula is C75H84Cl2F2N6O9S2. The number of nitrogens with one attached hydrogen (secondary N) is 2. The molecule has 13 atom stereocenters. The fraction of sp³-hybridized carbons (Fsp3) is 0.453. The smallest absolute Gasteiger partial charge is 0.264 e. The third kappa shape index (κ3) is 12.8. The Morgan fingerprint density at radius 2 is 1.05 bits per heavy atom. The zero-order valence-corrected chi connectivity index (χ0v) is 57.8. The minimum Gasteiger partial charge on any atom is -0.490 e. The first-order valence-electron chi connectivity index (χ1n) is 33.7. The number of amides is 2. The van der Waals surface area contributed by atoms with Gasteiger partial charge in [-0.2, -0.15) is 0 Å². The summed E-state index contributed by atoms with van der Waals surface area (Å²) < 4.78 is 89.7. The van der Waals surface area contributed by atoms with Crippen molar-refractivity contribution < 1.29 is 50.7 Å². The molecule has 8 aliphatic rings. The predicted molar refractivity (Wildman–Crippen MR) is 373 cm³/mol. The highest BCUT2D eigenvalue weighted by Gasteiger charge is 2.53. The van der Waals surface area contributed by atoms with Crippen LogP contribution in [0.4, 0.5) is 20.2 Å². The number of halogens is 4. The lowest BCUT2D eigenvalue weighted by atomic mass is 9.63. The van der Waals surface area contributed by atoms with E-state index in [1.54, 1.807) is 56.3 Å². The highest BCUT2D eigenvalue weighted by molar-refractivity contribution is 7.99. The molecule has 4 aliphatic heterocycles. The van der Waals surface area contributed by atoms with Crippen molar-refractivity contribution in [3.63, 3.8) is 0 Å². The summed E-state index contributed by atoms with van der Waals surface area (Å²) in [5, 5.41) is 24.9. The summed E-state index contributed by atoms with van der Waals surface area (Å²) in [5.41, 5.74) is 2.76. The SMILES string of the molecule is C=S1(=O)NC(=O)c2ccc3c(c2)N(C[C@@H]2CC[C@H]2[C@](O)(c2ncccc2F)/C=C/C[C@H](C)[C@H]1C)C[C@@]1(CCCc2cc(Cl)ccc21)CO3.C[C@@H]1[C@@H](C)C/C=C/[C@](O)(c2ncccc2F)[C@@H]2CC[C@H]2CN2C[C@@]3(CCCc4cc(Cl)ccc43)COc3ccc(cc32)C(=O)NS1(=O)=O. The number of rotatable bonds is 2. The van der Waals surface area contributed by atoms with Crippen LogP contribution in [0.5, 0.6) is 11.5 Å². The molecule has 4 bridgehead atoms. The molecule has 4 N–H and O–H groups in total. The fourth-order valence-corrected chi connectivity index (χ4v) is 19.7. The Bertz CT molecular complexity index is 4040. The third-order valence-corrected chi connectivity index (χ3v) is 27.3. The topological polar surface area (TPSA) is 201 Å². The van der Waals surface area contributed by atoms with Crippen LogP contribution in [0.3, 0.4) is 0 Å². The molecule has 2 aromatic heterocycles. The Morgan fingerprint density at radius 3 is 1.49 bits per heavy atom. The van der Waals surface area contributed by atoms with Crippen molar-refractivity contribution in [3.05, 3.63) is 200 Å². The maximum Gasteiger partial charge on any atom is 0.264 e. The number of hydrogen-bond acceptors (Lipinski definition) is 13. The van der Waals surface area contributed by atoms with Crippen LogP contribution in [-0.2, 0) is 54.6 Å². The van der Waals surface area contributed by atoms with Crippen molar-refractivity contribution in [1.82, 2.24) is 19.4 Å². The van der Waals surface area contributed by atoms with Gasteiger partial charge in [-0.25, -0.2) is 26.1 Å². The van der Waals surface area contributed by atoms with Gasteiger partial charge in [-0.05, 0) is 228 Å². The molecule has 6 aromatic rings. The van der Waals surface area contributed by atoms with Gasteiger partial charge < -0.3 is 29.5 Å². The Kier molecular flexibility index (Phi) is 18.6. The van der Waals surface area contributed by atoms with Gasteiger partial charge in [0.25, 0.3) is 11.8 Å². The van der Waals surface area contributed by atoms with Crippen LogP contribution in [0.2, 0.25) is 10.0 Å². The van der Waals surface area contributed by atoms with E-state index in [1.807, 2.05) is 50.3 Å². The van der Waals surface area contributed by atoms with E-state index in [2.05, 4.69) is 53.3 Å². The number of pyridine rings is 2. The second-order valence-corrected chi connectivity index (χ2v) is 33.9. The Hall–Kier alpha value is -6.87. The van der Waals surface area contributed by atoms with E-state index in [-0.39, 0.29) is 57.4 Å². The summed E-state index contributed by atoms with van der Waals surface area (Å²) in [6.07, 6.45) is 19.2. The first-order chi connectivity index (χ1) is 45.8. The average molecular weight is 1390 g/mol. The van der Waals surface area contributed by atoms with Crippen LogP contribution >= 0.6 is 23.2 Å². The van der Waals surface area contributed by atoms with Crippen LogP contribution in [0, 0.1) is 47.1 Å². The molecule has 1 unspecified atom stereocenters. The van der Waals surface area contributed by atoms with Crippen LogP contribution in [0.25, 0.3) is 0 Å². The van der Waals surface area contributed by atoms with E-state index in [0.29, 0.717) is 97.9 Å². The molecule has 0 saturated heterocycles. The quantitative estimate of drug-likeness (QED) is 0.0943. The first kappa shape index (κ1) is 67.7. The lowest BCUT2D eigenvalue weighted by Crippen LogP contribution is -2.52. The van der Waals surface area contributed by atoms with Gasteiger partial charge >= 0.3 is 0 Å². The summed E-state index contributed by atoms with van der Waals surface area (Å²) in [5.74, 6) is 1.65. The van der Waals surface area contributed by atoms with Gasteiger partial charge in [0.2, 0.25) is 10.0 Å². The van der Waals surface area contributed by atoms with Crippen molar-refractivity contribution in [3.8, 4) is 11.5 Å². The molecule has 21 heteroatoms. The van der Waals surface area contributed by atoms with E-state index < -0.39 is 70.8 Å². The lowest BCUT2D eigenvalue weighted by molar-refractivity contribution is -0.0555. The number of anilines is 2. The van der Waals surface area contributed by atoms with E-state index in [0.717, 1.165) is 57.1 Å². The van der Waals surface area contributed by atoms with Crippen LogP contribution in [-0.4, -0.2) is 100 Å². The Morgan fingerprint density at radius 1 is 0.604 bits per heavy atom. The van der Waals surface area contributed by atoms with Gasteiger partial charge in [0.05, 0.1) is 39.5 Å². The van der Waals surface area contributed by atoms with Crippen molar-refractivity contribution in [1.29, 1.82) is 0 Å². The number of aryl methyl sites for hydroxylation is 2. The minimum absolute atomic E-state index is 0.00218. The molecule has 4 aromatic carbocycles. The number of fused-ring (bicyclic) bond motifs is 8.